The molecule has 1 fully saturated rings. The minimum atomic E-state index is 0.260. The lowest BCUT2D eigenvalue weighted by Crippen LogP contribution is -2.48. The van der Waals surface area contributed by atoms with E-state index in [0.29, 0.717) is 13.2 Å². The largest absolute Gasteiger partial charge is 0.493 e. The molecule has 1 aromatic carbocycles. The van der Waals surface area contributed by atoms with Crippen LogP contribution in [-0.2, 0) is 11.3 Å². The van der Waals surface area contributed by atoms with Gasteiger partial charge in [-0.25, -0.2) is 4.68 Å². The van der Waals surface area contributed by atoms with E-state index in [1.807, 2.05) is 28.9 Å². The fourth-order valence-electron chi connectivity index (χ4n) is 3.66. The molecular formula is C18H24N4O3. The van der Waals surface area contributed by atoms with Crippen molar-refractivity contribution in [2.45, 2.75) is 31.6 Å². The molecule has 0 unspecified atom stereocenters. The van der Waals surface area contributed by atoms with Gasteiger partial charge in [-0.15, -0.1) is 5.10 Å². The summed E-state index contributed by atoms with van der Waals surface area (Å²) in [7, 11) is 1.66. The molecule has 4 rings (SSSR count). The molecule has 0 amide bonds. The number of nitrogens with zero attached hydrogens (tertiary/aromatic N) is 4. The van der Waals surface area contributed by atoms with Gasteiger partial charge in [0.2, 0.25) is 0 Å². The Balaban J connectivity index is 1.27. The minimum Gasteiger partial charge on any atom is -0.493 e. The standard InChI is InChI=1S/C18H24N4O3/c1-23-17-5-2-3-6-18(17)24-10-4-8-21-9-7-16-15(12-21)22-14(13-25-16)11-19-20-22/h2-3,5-6,11,15-16H,4,7-10,12-13H2,1H3/t15-,16+/m0/s1. The van der Waals surface area contributed by atoms with Crippen molar-refractivity contribution in [3.63, 3.8) is 0 Å². The van der Waals surface area contributed by atoms with E-state index < -0.39 is 0 Å². The molecule has 0 N–H and O–H groups in total. The minimum absolute atomic E-state index is 0.260. The molecule has 25 heavy (non-hydrogen) atoms. The molecule has 1 saturated heterocycles. The number of hydrogen-bond acceptors (Lipinski definition) is 6. The summed E-state index contributed by atoms with van der Waals surface area (Å²) >= 11 is 0. The van der Waals surface area contributed by atoms with Crippen molar-refractivity contribution in [1.82, 2.24) is 19.9 Å². The van der Waals surface area contributed by atoms with E-state index in [1.165, 1.54) is 0 Å². The third-order valence-electron chi connectivity index (χ3n) is 4.96. The summed E-state index contributed by atoms with van der Waals surface area (Å²) in [5.74, 6) is 1.58. The van der Waals surface area contributed by atoms with Crippen LogP contribution in [0.3, 0.4) is 0 Å². The molecule has 2 aliphatic rings. The summed E-state index contributed by atoms with van der Waals surface area (Å²) in [5.41, 5.74) is 1.07. The molecule has 2 atom stereocenters. The number of ether oxygens (including phenoxy) is 3. The normalized spacial score (nSPS) is 22.9. The average Bonchev–Trinajstić information content (AvgIpc) is 3.15. The Bertz CT molecular complexity index is 705. The van der Waals surface area contributed by atoms with Gasteiger partial charge in [-0.2, -0.15) is 0 Å². The summed E-state index contributed by atoms with van der Waals surface area (Å²) in [5, 5.41) is 8.28. The molecule has 3 heterocycles. The van der Waals surface area contributed by atoms with Gasteiger partial charge >= 0.3 is 0 Å². The summed E-state index contributed by atoms with van der Waals surface area (Å²) in [6.07, 6.45) is 4.07. The van der Waals surface area contributed by atoms with Gasteiger partial charge in [-0.05, 0) is 25.0 Å². The maximum Gasteiger partial charge on any atom is 0.161 e. The van der Waals surface area contributed by atoms with E-state index in [2.05, 4.69) is 15.2 Å². The van der Waals surface area contributed by atoms with Gasteiger partial charge in [-0.3, -0.25) is 0 Å². The second-order valence-corrected chi connectivity index (χ2v) is 6.53. The van der Waals surface area contributed by atoms with Crippen LogP contribution in [0.4, 0.5) is 0 Å². The number of fused-ring (bicyclic) bond motifs is 3. The fourth-order valence-corrected chi connectivity index (χ4v) is 3.66. The highest BCUT2D eigenvalue weighted by atomic mass is 16.5. The lowest BCUT2D eigenvalue weighted by molar-refractivity contribution is -0.0659. The van der Waals surface area contributed by atoms with E-state index in [1.54, 1.807) is 13.3 Å². The molecule has 7 heteroatoms. The first-order valence-electron chi connectivity index (χ1n) is 8.84. The smallest absolute Gasteiger partial charge is 0.161 e. The highest BCUT2D eigenvalue weighted by molar-refractivity contribution is 5.39. The Kier molecular flexibility index (Phi) is 4.85. The number of rotatable bonds is 6. The zero-order valence-electron chi connectivity index (χ0n) is 14.5. The number of piperidine rings is 1. The van der Waals surface area contributed by atoms with Crippen molar-refractivity contribution in [1.29, 1.82) is 0 Å². The number of methoxy groups -OCH3 is 1. The van der Waals surface area contributed by atoms with Crippen LogP contribution < -0.4 is 9.47 Å². The van der Waals surface area contributed by atoms with Crippen LogP contribution in [0.5, 0.6) is 11.5 Å². The van der Waals surface area contributed by atoms with Crippen molar-refractivity contribution >= 4 is 0 Å². The molecule has 0 spiro atoms. The lowest BCUT2D eigenvalue weighted by atomic mass is 10.0. The lowest BCUT2D eigenvalue weighted by Gasteiger charge is -2.41. The molecule has 0 saturated carbocycles. The monoisotopic (exact) mass is 344 g/mol. The molecule has 7 nitrogen and oxygen atoms in total. The van der Waals surface area contributed by atoms with Crippen molar-refractivity contribution in [2.75, 3.05) is 33.4 Å². The Morgan fingerprint density at radius 3 is 3.04 bits per heavy atom. The second-order valence-electron chi connectivity index (χ2n) is 6.53. The molecule has 0 bridgehead atoms. The summed E-state index contributed by atoms with van der Waals surface area (Å²) in [6, 6.07) is 8.03. The third kappa shape index (κ3) is 3.48. The molecule has 2 aromatic rings. The van der Waals surface area contributed by atoms with Gasteiger partial charge in [0.25, 0.3) is 0 Å². The molecule has 2 aliphatic heterocycles. The van der Waals surface area contributed by atoms with Crippen LogP contribution in [0.25, 0.3) is 0 Å². The van der Waals surface area contributed by atoms with E-state index in [4.69, 9.17) is 14.2 Å². The van der Waals surface area contributed by atoms with Crippen LogP contribution >= 0.6 is 0 Å². The fraction of sp³-hybridized carbons (Fsp3) is 0.556. The van der Waals surface area contributed by atoms with E-state index in [9.17, 15) is 0 Å². The maximum atomic E-state index is 5.96. The van der Waals surface area contributed by atoms with Crippen LogP contribution in [0.1, 0.15) is 24.6 Å². The van der Waals surface area contributed by atoms with E-state index >= 15 is 0 Å². The van der Waals surface area contributed by atoms with Gasteiger partial charge < -0.3 is 19.1 Å². The number of benzene rings is 1. The zero-order chi connectivity index (χ0) is 17.1. The van der Waals surface area contributed by atoms with Crippen molar-refractivity contribution < 1.29 is 14.2 Å². The zero-order valence-corrected chi connectivity index (χ0v) is 14.5. The Morgan fingerprint density at radius 2 is 2.16 bits per heavy atom. The number of likely N-dealkylation sites (tertiary alicyclic amines) is 1. The SMILES string of the molecule is COc1ccccc1OCCCN1CC[C@H]2OCc3cnnn3[C@H]2C1. The Hall–Kier alpha value is -2.12. The van der Waals surface area contributed by atoms with Crippen molar-refractivity contribution in [2.24, 2.45) is 0 Å². The second kappa shape index (κ2) is 7.41. The molecular weight excluding hydrogens is 320 g/mol. The Morgan fingerprint density at radius 1 is 1.28 bits per heavy atom. The van der Waals surface area contributed by atoms with Crippen LogP contribution in [0, 0.1) is 0 Å². The van der Waals surface area contributed by atoms with Gasteiger partial charge in [-0.1, -0.05) is 17.3 Å². The molecule has 0 aliphatic carbocycles. The number of para-hydroxylation sites is 2. The third-order valence-corrected chi connectivity index (χ3v) is 4.96. The van der Waals surface area contributed by atoms with Crippen molar-refractivity contribution in [3.8, 4) is 11.5 Å². The quantitative estimate of drug-likeness (QED) is 0.746. The van der Waals surface area contributed by atoms with Crippen LogP contribution in [0.15, 0.2) is 30.5 Å². The molecule has 1 aromatic heterocycles. The van der Waals surface area contributed by atoms with Crippen molar-refractivity contribution in [3.05, 3.63) is 36.2 Å². The predicted molar refractivity (Wildman–Crippen MR) is 91.8 cm³/mol. The highest BCUT2D eigenvalue weighted by Crippen LogP contribution is 2.30. The van der Waals surface area contributed by atoms with Gasteiger partial charge in [0.05, 0.1) is 44.4 Å². The van der Waals surface area contributed by atoms with E-state index in [0.717, 1.165) is 49.7 Å². The topological polar surface area (TPSA) is 61.6 Å². The maximum absolute atomic E-state index is 5.96. The predicted octanol–water partition coefficient (Wildman–Crippen LogP) is 1.90. The average molecular weight is 344 g/mol. The Labute approximate surface area is 147 Å². The van der Waals surface area contributed by atoms with Crippen LogP contribution in [-0.4, -0.2) is 59.3 Å². The summed E-state index contributed by atoms with van der Waals surface area (Å²) < 4.78 is 19.2. The van der Waals surface area contributed by atoms with Gasteiger partial charge in [0, 0.05) is 19.6 Å². The van der Waals surface area contributed by atoms with Gasteiger partial charge in [0.1, 0.15) is 0 Å². The van der Waals surface area contributed by atoms with Crippen LogP contribution in [0.2, 0.25) is 0 Å². The first-order valence-corrected chi connectivity index (χ1v) is 8.84. The summed E-state index contributed by atoms with van der Waals surface area (Å²) in [6.45, 7) is 4.31. The first kappa shape index (κ1) is 16.4. The van der Waals surface area contributed by atoms with E-state index in [-0.39, 0.29) is 12.1 Å². The first-order chi connectivity index (χ1) is 12.3. The number of hydrogen-bond donors (Lipinski definition) is 0. The highest BCUT2D eigenvalue weighted by Gasteiger charge is 2.36. The number of aromatic nitrogens is 3. The molecule has 0 radical (unpaired) electrons. The summed E-state index contributed by atoms with van der Waals surface area (Å²) in [4.78, 5) is 2.47. The van der Waals surface area contributed by atoms with Gasteiger partial charge in [0.15, 0.2) is 11.5 Å². The molecule has 134 valence electrons.